The van der Waals surface area contributed by atoms with E-state index in [0.29, 0.717) is 29.7 Å². The zero-order valence-corrected chi connectivity index (χ0v) is 17.9. The number of ether oxygens (including phenoxy) is 2. The lowest BCUT2D eigenvalue weighted by Crippen LogP contribution is -2.33. The minimum absolute atomic E-state index is 0.106. The summed E-state index contributed by atoms with van der Waals surface area (Å²) in [6, 6.07) is 11.2. The molecule has 29 heavy (non-hydrogen) atoms. The van der Waals surface area contributed by atoms with Crippen molar-refractivity contribution in [1.82, 2.24) is 5.32 Å². The normalized spacial score (nSPS) is 14.5. The number of benzene rings is 2. The lowest BCUT2D eigenvalue weighted by Gasteiger charge is -2.25. The van der Waals surface area contributed by atoms with E-state index >= 15 is 0 Å². The van der Waals surface area contributed by atoms with Crippen LogP contribution in [0, 0.1) is 5.92 Å². The largest absolute Gasteiger partial charge is 0.486 e. The molecule has 0 spiro atoms. The van der Waals surface area contributed by atoms with Gasteiger partial charge in [0.1, 0.15) is 13.2 Å². The van der Waals surface area contributed by atoms with E-state index in [1.165, 1.54) is 24.3 Å². The Labute approximate surface area is 176 Å². The van der Waals surface area contributed by atoms with Gasteiger partial charge in [0, 0.05) is 11.4 Å². The van der Waals surface area contributed by atoms with E-state index < -0.39 is 9.84 Å². The van der Waals surface area contributed by atoms with Crippen molar-refractivity contribution in [2.45, 2.75) is 31.2 Å². The van der Waals surface area contributed by atoms with Crippen molar-refractivity contribution in [2.75, 3.05) is 19.0 Å². The van der Waals surface area contributed by atoms with Gasteiger partial charge in [-0.15, -0.1) is 0 Å². The number of rotatable bonds is 7. The molecule has 0 unspecified atom stereocenters. The number of hydrogen-bond acceptors (Lipinski definition) is 5. The molecule has 2 aromatic carbocycles. The standard InChI is InChI=1S/C21H24ClNO5S/c1-14(2)21(15-3-8-18-19(13-15)28-11-10-27-18)23-20(24)9-12-29(25,26)17-6-4-16(22)5-7-17/h3-8,13-14,21H,9-12H2,1-2H3,(H,23,24)/t21-/m0/s1. The van der Waals surface area contributed by atoms with Gasteiger partial charge >= 0.3 is 0 Å². The Hall–Kier alpha value is -2.25. The van der Waals surface area contributed by atoms with Crippen molar-refractivity contribution in [3.63, 3.8) is 0 Å². The monoisotopic (exact) mass is 437 g/mol. The number of nitrogens with one attached hydrogen (secondary N) is 1. The highest BCUT2D eigenvalue weighted by Gasteiger charge is 2.23. The molecular weight excluding hydrogens is 414 g/mol. The van der Waals surface area contributed by atoms with Crippen molar-refractivity contribution in [1.29, 1.82) is 0 Å². The summed E-state index contributed by atoms with van der Waals surface area (Å²) in [6.45, 7) is 4.98. The molecule has 6 nitrogen and oxygen atoms in total. The Bertz CT molecular complexity index is 973. The Morgan fingerprint density at radius 1 is 1.07 bits per heavy atom. The van der Waals surface area contributed by atoms with Crippen LogP contribution >= 0.6 is 11.6 Å². The van der Waals surface area contributed by atoms with Crippen LogP contribution in [0.2, 0.25) is 5.02 Å². The van der Waals surface area contributed by atoms with Crippen LogP contribution in [-0.4, -0.2) is 33.3 Å². The fraction of sp³-hybridized carbons (Fsp3) is 0.381. The molecule has 0 saturated heterocycles. The molecule has 0 aromatic heterocycles. The Morgan fingerprint density at radius 2 is 1.72 bits per heavy atom. The summed E-state index contributed by atoms with van der Waals surface area (Å²) < 4.78 is 36.0. The quantitative estimate of drug-likeness (QED) is 0.712. The van der Waals surface area contributed by atoms with Crippen molar-refractivity contribution < 1.29 is 22.7 Å². The maximum absolute atomic E-state index is 12.5. The van der Waals surface area contributed by atoms with Crippen molar-refractivity contribution in [2.24, 2.45) is 5.92 Å². The Morgan fingerprint density at radius 3 is 2.38 bits per heavy atom. The zero-order chi connectivity index (χ0) is 21.0. The summed E-state index contributed by atoms with van der Waals surface area (Å²) in [5.41, 5.74) is 0.887. The van der Waals surface area contributed by atoms with Crippen LogP contribution in [0.5, 0.6) is 11.5 Å². The molecule has 1 aliphatic heterocycles. The first-order valence-electron chi connectivity index (χ1n) is 9.43. The van der Waals surface area contributed by atoms with Gasteiger partial charge in [0.25, 0.3) is 0 Å². The number of carbonyl (C=O) groups is 1. The zero-order valence-electron chi connectivity index (χ0n) is 16.4. The van der Waals surface area contributed by atoms with E-state index in [1.54, 1.807) is 0 Å². The molecule has 0 radical (unpaired) electrons. The van der Waals surface area contributed by atoms with E-state index in [9.17, 15) is 13.2 Å². The summed E-state index contributed by atoms with van der Waals surface area (Å²) in [5, 5.41) is 3.41. The van der Waals surface area contributed by atoms with Gasteiger partial charge in [0.05, 0.1) is 16.7 Å². The third kappa shape index (κ3) is 5.42. The topological polar surface area (TPSA) is 81.7 Å². The summed E-state index contributed by atoms with van der Waals surface area (Å²) in [5.74, 6) is 0.847. The van der Waals surface area contributed by atoms with Crippen LogP contribution in [0.3, 0.4) is 0 Å². The highest BCUT2D eigenvalue weighted by Crippen LogP contribution is 2.34. The van der Waals surface area contributed by atoms with Crippen LogP contribution in [-0.2, 0) is 14.6 Å². The van der Waals surface area contributed by atoms with Gasteiger partial charge in [0.15, 0.2) is 21.3 Å². The minimum Gasteiger partial charge on any atom is -0.486 e. The molecule has 1 aliphatic rings. The van der Waals surface area contributed by atoms with Crippen LogP contribution in [0.4, 0.5) is 0 Å². The van der Waals surface area contributed by atoms with Gasteiger partial charge in [0.2, 0.25) is 5.91 Å². The maximum Gasteiger partial charge on any atom is 0.221 e. The molecule has 1 heterocycles. The highest BCUT2D eigenvalue weighted by atomic mass is 35.5. The van der Waals surface area contributed by atoms with Crippen LogP contribution < -0.4 is 14.8 Å². The molecule has 0 bridgehead atoms. The Kier molecular flexibility index (Phi) is 6.70. The number of halogens is 1. The Balaban J connectivity index is 1.66. The van der Waals surface area contributed by atoms with Gasteiger partial charge in [-0.2, -0.15) is 0 Å². The van der Waals surface area contributed by atoms with E-state index in [4.69, 9.17) is 21.1 Å². The second-order valence-electron chi connectivity index (χ2n) is 7.22. The van der Waals surface area contributed by atoms with Gasteiger partial charge in [-0.3, -0.25) is 4.79 Å². The third-order valence-electron chi connectivity index (χ3n) is 4.68. The first-order valence-corrected chi connectivity index (χ1v) is 11.5. The van der Waals surface area contributed by atoms with Crippen LogP contribution in [0.25, 0.3) is 0 Å². The minimum atomic E-state index is -3.56. The first kappa shape index (κ1) is 21.5. The second kappa shape index (κ2) is 9.05. The summed E-state index contributed by atoms with van der Waals surface area (Å²) in [4.78, 5) is 12.7. The van der Waals surface area contributed by atoms with Gasteiger partial charge in [-0.05, 0) is 47.9 Å². The third-order valence-corrected chi connectivity index (χ3v) is 6.66. The lowest BCUT2D eigenvalue weighted by atomic mass is 9.95. The number of sulfone groups is 1. The lowest BCUT2D eigenvalue weighted by molar-refractivity contribution is -0.121. The second-order valence-corrected chi connectivity index (χ2v) is 9.76. The molecule has 3 rings (SSSR count). The van der Waals surface area contributed by atoms with E-state index in [-0.39, 0.29) is 34.9 Å². The van der Waals surface area contributed by atoms with Crippen molar-refractivity contribution in [3.05, 3.63) is 53.1 Å². The number of amides is 1. The van der Waals surface area contributed by atoms with Gasteiger partial charge in [-0.1, -0.05) is 31.5 Å². The summed E-state index contributed by atoms with van der Waals surface area (Å²) >= 11 is 5.80. The molecule has 156 valence electrons. The molecule has 8 heteroatoms. The molecule has 0 aliphatic carbocycles. The summed E-state index contributed by atoms with van der Waals surface area (Å²) in [7, 11) is -3.56. The molecule has 2 aromatic rings. The van der Waals surface area contributed by atoms with E-state index in [2.05, 4.69) is 5.32 Å². The van der Waals surface area contributed by atoms with Crippen molar-refractivity contribution >= 4 is 27.3 Å². The maximum atomic E-state index is 12.5. The van der Waals surface area contributed by atoms with Gasteiger partial charge < -0.3 is 14.8 Å². The predicted octanol–water partition coefficient (Wildman–Crippen LogP) is 3.79. The number of carbonyl (C=O) groups excluding carboxylic acids is 1. The average molecular weight is 438 g/mol. The van der Waals surface area contributed by atoms with E-state index in [0.717, 1.165) is 5.56 Å². The van der Waals surface area contributed by atoms with Gasteiger partial charge in [-0.25, -0.2) is 8.42 Å². The molecule has 1 amide bonds. The number of hydrogen-bond donors (Lipinski definition) is 1. The SMILES string of the molecule is CC(C)[C@H](NC(=O)CCS(=O)(=O)c1ccc(Cl)cc1)c1ccc2c(c1)OCCO2. The van der Waals surface area contributed by atoms with Crippen molar-refractivity contribution in [3.8, 4) is 11.5 Å². The van der Waals surface area contributed by atoms with Crippen LogP contribution in [0.1, 0.15) is 31.9 Å². The molecule has 0 saturated carbocycles. The fourth-order valence-electron chi connectivity index (χ4n) is 3.12. The molecule has 1 atom stereocenters. The summed E-state index contributed by atoms with van der Waals surface area (Å²) in [6.07, 6.45) is -0.126. The molecular formula is C21H24ClNO5S. The molecule has 1 N–H and O–H groups in total. The molecule has 0 fully saturated rings. The van der Waals surface area contributed by atoms with Crippen LogP contribution in [0.15, 0.2) is 47.4 Å². The highest BCUT2D eigenvalue weighted by molar-refractivity contribution is 7.91. The average Bonchev–Trinajstić information content (AvgIpc) is 2.70. The predicted molar refractivity (Wildman–Crippen MR) is 111 cm³/mol. The van der Waals surface area contributed by atoms with E-state index in [1.807, 2.05) is 32.0 Å². The fourth-order valence-corrected chi connectivity index (χ4v) is 4.49. The smallest absolute Gasteiger partial charge is 0.221 e. The first-order chi connectivity index (χ1) is 13.8. The number of fused-ring (bicyclic) bond motifs is 1.